The molecule has 0 saturated carbocycles. The first-order valence-corrected chi connectivity index (χ1v) is 13.7. The number of hydrogen-bond acceptors (Lipinski definition) is 5. The molecule has 3 aromatic rings. The highest BCUT2D eigenvalue weighted by Crippen LogP contribution is 2.31. The van der Waals surface area contributed by atoms with E-state index in [0.29, 0.717) is 45.8 Å². The van der Waals surface area contributed by atoms with Crippen molar-refractivity contribution in [3.63, 3.8) is 0 Å². The first-order chi connectivity index (χ1) is 17.6. The molecule has 1 unspecified atom stereocenters. The number of aliphatic imine (C=N–C) groups is 1. The minimum Gasteiger partial charge on any atom is -0.436 e. The Labute approximate surface area is 222 Å². The van der Waals surface area contributed by atoms with Crippen LogP contribution in [0.4, 0.5) is 4.79 Å². The molecule has 0 aliphatic heterocycles. The minimum atomic E-state index is -3.91. The lowest BCUT2D eigenvalue weighted by molar-refractivity contribution is 0.116. The summed E-state index contributed by atoms with van der Waals surface area (Å²) in [7, 11) is -3.91. The molecule has 8 nitrogen and oxygen atoms in total. The highest BCUT2D eigenvalue weighted by molar-refractivity contribution is 7.89. The number of primary sulfonamides is 1. The number of hydrogen-bond donors (Lipinski definition) is 3. The second kappa shape index (κ2) is 12.6. The van der Waals surface area contributed by atoms with Crippen LogP contribution < -0.4 is 16.2 Å². The van der Waals surface area contributed by atoms with Crippen LogP contribution in [0.5, 0.6) is 0 Å². The van der Waals surface area contributed by atoms with Crippen LogP contribution in [0.3, 0.4) is 0 Å². The van der Waals surface area contributed by atoms with Gasteiger partial charge in [0.05, 0.1) is 4.90 Å². The van der Waals surface area contributed by atoms with Crippen molar-refractivity contribution in [1.82, 2.24) is 5.32 Å². The highest BCUT2D eigenvalue weighted by atomic mass is 32.2. The molecule has 3 rings (SSSR count). The van der Waals surface area contributed by atoms with Crippen LogP contribution in [0, 0.1) is 0 Å². The molecule has 0 aliphatic rings. The Hall–Kier alpha value is -3.60. The number of sulfonamides is 1. The van der Waals surface area contributed by atoms with Gasteiger partial charge < -0.3 is 15.8 Å². The Bertz CT molecular complexity index is 1400. The van der Waals surface area contributed by atoms with E-state index in [2.05, 4.69) is 10.3 Å². The van der Waals surface area contributed by atoms with E-state index in [1.165, 1.54) is 6.07 Å². The van der Waals surface area contributed by atoms with Crippen LogP contribution in [-0.2, 0) is 14.8 Å². The number of nitrogens with two attached hydrogens (primary N) is 2. The smallest absolute Gasteiger partial charge is 0.408 e. The maximum Gasteiger partial charge on any atom is 0.408 e. The third-order valence-corrected chi connectivity index (χ3v) is 6.84. The van der Waals surface area contributed by atoms with E-state index in [1.54, 1.807) is 54.6 Å². The lowest BCUT2D eigenvalue weighted by Gasteiger charge is -2.20. The summed E-state index contributed by atoms with van der Waals surface area (Å²) in [4.78, 5) is 17.3. The van der Waals surface area contributed by atoms with Gasteiger partial charge in [-0.15, -0.1) is 0 Å². The summed E-state index contributed by atoms with van der Waals surface area (Å²) in [5.74, 6) is 0.276. The molecule has 0 aliphatic carbocycles. The van der Waals surface area contributed by atoms with Gasteiger partial charge in [-0.3, -0.25) is 0 Å². The number of ether oxygens (including phenoxy) is 1. The number of carbonyl (C=O) groups is 1. The molecule has 0 fully saturated rings. The summed E-state index contributed by atoms with van der Waals surface area (Å²) in [6.07, 6.45) is 0.0394. The van der Waals surface area contributed by atoms with Crippen LogP contribution in [0.1, 0.15) is 49.5 Å². The second-order valence-corrected chi connectivity index (χ2v) is 10.2. The summed E-state index contributed by atoms with van der Waals surface area (Å²) in [5.41, 5.74) is 9.31. The number of thiocarbonyl (C=S) groups is 1. The van der Waals surface area contributed by atoms with Crippen LogP contribution in [0.2, 0.25) is 0 Å². The molecule has 0 saturated heterocycles. The minimum absolute atomic E-state index is 0.0296. The van der Waals surface area contributed by atoms with E-state index in [0.717, 1.165) is 6.42 Å². The quantitative estimate of drug-likeness (QED) is 0.206. The molecule has 5 N–H and O–H groups in total. The number of nitrogens with zero attached hydrogens (tertiary/aromatic N) is 1. The molecule has 3 aromatic carbocycles. The molecular weight excluding hydrogens is 508 g/mol. The summed E-state index contributed by atoms with van der Waals surface area (Å²) in [5, 5.41) is 8.13. The molecule has 0 aromatic heterocycles. The predicted molar refractivity (Wildman–Crippen MR) is 150 cm³/mol. The van der Waals surface area contributed by atoms with E-state index >= 15 is 0 Å². The number of rotatable bonds is 9. The van der Waals surface area contributed by atoms with Gasteiger partial charge in [-0.1, -0.05) is 86.7 Å². The SMILES string of the molecule is CCCNC(=O)OC(c1ccc(-c2ccccc2S(N)(=O)=O)cc1)c1cccc(C(N)=NC(=S)CC)c1. The summed E-state index contributed by atoms with van der Waals surface area (Å²) in [6.45, 7) is 4.32. The van der Waals surface area contributed by atoms with E-state index in [9.17, 15) is 13.2 Å². The van der Waals surface area contributed by atoms with Gasteiger partial charge in [0.25, 0.3) is 0 Å². The lowest BCUT2D eigenvalue weighted by atomic mass is 9.96. The van der Waals surface area contributed by atoms with Gasteiger partial charge >= 0.3 is 6.09 Å². The maximum absolute atomic E-state index is 12.5. The Morgan fingerprint density at radius 1 is 1.03 bits per heavy atom. The average molecular weight is 539 g/mol. The first kappa shape index (κ1) is 28.0. The van der Waals surface area contributed by atoms with Crippen molar-refractivity contribution in [3.8, 4) is 11.1 Å². The standard InChI is InChI=1S/C27H30N4O4S2/c1-3-16-30-27(32)35-25(20-8-7-9-21(17-20)26(28)31-24(36)4-2)19-14-12-18(13-15-19)22-10-5-6-11-23(22)37(29,33)34/h5-15,17,25H,3-4,16H2,1-2H3,(H,30,32)(H2,28,31,36)(H2,29,33,34). The molecule has 0 bridgehead atoms. The van der Waals surface area contributed by atoms with Crippen LogP contribution in [-0.4, -0.2) is 31.9 Å². The first-order valence-electron chi connectivity index (χ1n) is 11.8. The zero-order valence-corrected chi connectivity index (χ0v) is 22.3. The van der Waals surface area contributed by atoms with Gasteiger partial charge in [-0.05, 0) is 41.7 Å². The zero-order chi connectivity index (χ0) is 27.0. The number of amides is 1. The Balaban J connectivity index is 2.02. The van der Waals surface area contributed by atoms with Gasteiger partial charge in [-0.2, -0.15) is 0 Å². The van der Waals surface area contributed by atoms with Crippen molar-refractivity contribution in [2.75, 3.05) is 6.54 Å². The van der Waals surface area contributed by atoms with Gasteiger partial charge in [0, 0.05) is 17.7 Å². The monoisotopic (exact) mass is 538 g/mol. The predicted octanol–water partition coefficient (Wildman–Crippen LogP) is 4.67. The summed E-state index contributed by atoms with van der Waals surface area (Å²) in [6, 6.07) is 20.8. The van der Waals surface area contributed by atoms with Crippen molar-refractivity contribution in [2.24, 2.45) is 15.9 Å². The highest BCUT2D eigenvalue weighted by Gasteiger charge is 2.21. The third kappa shape index (κ3) is 7.45. The molecule has 37 heavy (non-hydrogen) atoms. The fourth-order valence-electron chi connectivity index (χ4n) is 3.63. The van der Waals surface area contributed by atoms with E-state index < -0.39 is 22.2 Å². The number of alkyl carbamates (subject to hydrolysis) is 1. The normalized spacial score (nSPS) is 12.6. The van der Waals surface area contributed by atoms with Crippen LogP contribution >= 0.6 is 12.2 Å². The molecular formula is C27H30N4O4S2. The fourth-order valence-corrected chi connectivity index (χ4v) is 4.49. The molecule has 0 heterocycles. The Morgan fingerprint density at radius 2 is 1.73 bits per heavy atom. The van der Waals surface area contributed by atoms with Gasteiger partial charge in [-0.25, -0.2) is 23.3 Å². The summed E-state index contributed by atoms with van der Waals surface area (Å²) >= 11 is 5.18. The topological polar surface area (TPSA) is 137 Å². The molecule has 1 atom stereocenters. The lowest BCUT2D eigenvalue weighted by Crippen LogP contribution is -2.27. The molecule has 0 spiro atoms. The second-order valence-electron chi connectivity index (χ2n) is 8.25. The Kier molecular flexibility index (Phi) is 9.51. The van der Waals surface area contributed by atoms with Crippen molar-refractivity contribution in [2.45, 2.75) is 37.7 Å². The Morgan fingerprint density at radius 3 is 2.38 bits per heavy atom. The van der Waals surface area contributed by atoms with Crippen molar-refractivity contribution >= 4 is 39.2 Å². The molecule has 10 heteroatoms. The zero-order valence-electron chi connectivity index (χ0n) is 20.7. The van der Waals surface area contributed by atoms with Gasteiger partial charge in [0.2, 0.25) is 10.0 Å². The van der Waals surface area contributed by atoms with Gasteiger partial charge in [0.1, 0.15) is 10.8 Å². The van der Waals surface area contributed by atoms with Crippen LogP contribution in [0.25, 0.3) is 11.1 Å². The number of carbonyl (C=O) groups excluding carboxylic acids is 1. The van der Waals surface area contributed by atoms with Crippen molar-refractivity contribution < 1.29 is 17.9 Å². The van der Waals surface area contributed by atoms with E-state index in [4.69, 9.17) is 27.8 Å². The summed E-state index contributed by atoms with van der Waals surface area (Å²) < 4.78 is 29.9. The molecule has 0 radical (unpaired) electrons. The third-order valence-electron chi connectivity index (χ3n) is 5.49. The van der Waals surface area contributed by atoms with Crippen molar-refractivity contribution in [1.29, 1.82) is 0 Å². The number of nitrogens with one attached hydrogen (secondary N) is 1. The van der Waals surface area contributed by atoms with Gasteiger partial charge in [0.15, 0.2) is 6.10 Å². The van der Waals surface area contributed by atoms with Crippen LogP contribution in [0.15, 0.2) is 82.7 Å². The fraction of sp³-hybridized carbons (Fsp3) is 0.222. The number of amidine groups is 1. The van der Waals surface area contributed by atoms with Crippen molar-refractivity contribution in [3.05, 3.63) is 89.5 Å². The largest absolute Gasteiger partial charge is 0.436 e. The molecule has 194 valence electrons. The molecule has 1 amide bonds. The van der Waals surface area contributed by atoms with E-state index in [1.807, 2.05) is 26.0 Å². The van der Waals surface area contributed by atoms with E-state index in [-0.39, 0.29) is 10.7 Å². The maximum atomic E-state index is 12.5. The number of benzene rings is 3. The average Bonchev–Trinajstić information content (AvgIpc) is 2.90.